The van der Waals surface area contributed by atoms with E-state index in [1.807, 2.05) is 30.3 Å². The van der Waals surface area contributed by atoms with Crippen LogP contribution in [0.15, 0.2) is 170 Å². The molecule has 6 aromatic carbocycles. The lowest BCUT2D eigenvalue weighted by atomic mass is 9.74. The second-order valence-corrected chi connectivity index (χ2v) is 13.7. The summed E-state index contributed by atoms with van der Waals surface area (Å²) >= 11 is 0. The maximum Gasteiger partial charge on any atom is 0.0973 e. The summed E-state index contributed by atoms with van der Waals surface area (Å²) in [4.78, 5) is 10.3. The average Bonchev–Trinajstić information content (AvgIpc) is 3.74. The van der Waals surface area contributed by atoms with Crippen molar-refractivity contribution in [2.45, 2.75) is 11.8 Å². The molecule has 0 bridgehead atoms. The fourth-order valence-corrected chi connectivity index (χ4v) is 8.66. The predicted octanol–water partition coefficient (Wildman–Crippen LogP) is 11.8. The highest BCUT2D eigenvalue weighted by Crippen LogP contribution is 2.52. The topological polar surface area (TPSA) is 35.6 Å². The van der Waals surface area contributed by atoms with Crippen molar-refractivity contribution in [1.29, 1.82) is 0 Å². The Labute approximate surface area is 301 Å². The van der Waals surface area contributed by atoms with Gasteiger partial charge in [-0.05, 0) is 60.2 Å². The summed E-state index contributed by atoms with van der Waals surface area (Å²) in [5.41, 5.74) is 15.7. The van der Waals surface area contributed by atoms with Gasteiger partial charge >= 0.3 is 0 Å². The van der Waals surface area contributed by atoms with Crippen molar-refractivity contribution >= 4 is 45.0 Å². The molecule has 11 rings (SSSR count). The van der Waals surface area contributed by atoms with Gasteiger partial charge in [-0.1, -0.05) is 127 Å². The summed E-state index contributed by atoms with van der Waals surface area (Å²) in [7, 11) is 0. The van der Waals surface area contributed by atoms with Gasteiger partial charge in [-0.25, -0.2) is 9.97 Å². The molecular formula is C48H32N4. The van der Waals surface area contributed by atoms with Gasteiger partial charge in [0, 0.05) is 56.4 Å². The third-order valence-corrected chi connectivity index (χ3v) is 10.9. The third kappa shape index (κ3) is 4.28. The van der Waals surface area contributed by atoms with Crippen molar-refractivity contribution in [2.75, 3.05) is 0 Å². The molecule has 0 saturated carbocycles. The number of rotatable bonds is 4. The first-order valence-electron chi connectivity index (χ1n) is 17.9. The number of aromatic nitrogens is 4. The van der Waals surface area contributed by atoms with Crippen LogP contribution in [-0.2, 0) is 0 Å². The fourth-order valence-electron chi connectivity index (χ4n) is 8.66. The molecule has 2 aliphatic rings. The zero-order valence-corrected chi connectivity index (χ0v) is 28.3. The van der Waals surface area contributed by atoms with E-state index in [1.165, 1.54) is 50.0 Å². The lowest BCUT2D eigenvalue weighted by Crippen LogP contribution is -2.19. The van der Waals surface area contributed by atoms with Crippen LogP contribution in [0.3, 0.4) is 0 Å². The van der Waals surface area contributed by atoms with E-state index in [4.69, 9.17) is 9.97 Å². The van der Waals surface area contributed by atoms with E-state index in [0.717, 1.165) is 39.2 Å². The standard InChI is InChI=1S/C48H32N4/c1-3-13-31(14-4-1)46-47(50-41-20-10-9-19-40(41)49-46)32-23-25-34(26-24-32)52-42-21-11-7-17-35(42)37-28-27-36-38(48(37)52)29-30-44-45(36)39-18-8-12-22-43(39)51(44)33-15-5-2-6-16-33/h1-30,36,38H. The SMILES string of the molecule is C1=CC2c3c(n(-c4ccccc4)c4ccccc34)C=CC2c2c1c1ccccc1n2-c1ccc(-c2nc3ccccc3nc2-c2ccccc2)cc1. The largest absolute Gasteiger partial charge is 0.312 e. The van der Waals surface area contributed by atoms with Crippen LogP contribution in [0.5, 0.6) is 0 Å². The van der Waals surface area contributed by atoms with Gasteiger partial charge in [-0.15, -0.1) is 0 Å². The Morgan fingerprint density at radius 1 is 0.423 bits per heavy atom. The molecule has 2 aliphatic carbocycles. The van der Waals surface area contributed by atoms with Crippen LogP contribution < -0.4 is 0 Å². The number of benzene rings is 6. The van der Waals surface area contributed by atoms with E-state index in [1.54, 1.807) is 0 Å². The van der Waals surface area contributed by atoms with Crippen molar-refractivity contribution < 1.29 is 0 Å². The molecule has 0 radical (unpaired) electrons. The fraction of sp³-hybridized carbons (Fsp3) is 0.0417. The summed E-state index contributed by atoms with van der Waals surface area (Å²) in [5, 5.41) is 2.58. The van der Waals surface area contributed by atoms with Crippen molar-refractivity contribution in [3.8, 4) is 33.9 Å². The van der Waals surface area contributed by atoms with E-state index in [0.29, 0.717) is 0 Å². The number of hydrogen-bond donors (Lipinski definition) is 0. The monoisotopic (exact) mass is 664 g/mol. The Hall–Kier alpha value is -6.78. The van der Waals surface area contributed by atoms with Crippen LogP contribution in [0, 0.1) is 0 Å². The molecule has 0 aliphatic heterocycles. The van der Waals surface area contributed by atoms with E-state index >= 15 is 0 Å². The molecule has 9 aromatic rings. The van der Waals surface area contributed by atoms with Crippen molar-refractivity contribution in [1.82, 2.24) is 19.1 Å². The Kier molecular flexibility index (Phi) is 6.34. The molecule has 244 valence electrons. The minimum atomic E-state index is 0.172. The van der Waals surface area contributed by atoms with Crippen molar-refractivity contribution in [3.63, 3.8) is 0 Å². The molecule has 0 fully saturated rings. The molecule has 52 heavy (non-hydrogen) atoms. The van der Waals surface area contributed by atoms with Gasteiger partial charge in [-0.3, -0.25) is 0 Å². The summed E-state index contributed by atoms with van der Waals surface area (Å²) in [6.07, 6.45) is 9.62. The molecule has 4 nitrogen and oxygen atoms in total. The molecule has 0 spiro atoms. The highest BCUT2D eigenvalue weighted by molar-refractivity contribution is 5.97. The first-order chi connectivity index (χ1) is 25.8. The van der Waals surface area contributed by atoms with Gasteiger partial charge in [0.15, 0.2) is 0 Å². The summed E-state index contributed by atoms with van der Waals surface area (Å²) in [6, 6.07) is 55.8. The van der Waals surface area contributed by atoms with E-state index in [-0.39, 0.29) is 11.8 Å². The van der Waals surface area contributed by atoms with E-state index in [9.17, 15) is 0 Å². The summed E-state index contributed by atoms with van der Waals surface area (Å²) in [5.74, 6) is 0.372. The number of allylic oxidation sites excluding steroid dienone is 2. The van der Waals surface area contributed by atoms with Gasteiger partial charge in [0.05, 0.1) is 39.1 Å². The van der Waals surface area contributed by atoms with Gasteiger partial charge in [0.1, 0.15) is 0 Å². The molecule has 3 heterocycles. The van der Waals surface area contributed by atoms with Crippen LogP contribution in [0.1, 0.15) is 34.4 Å². The zero-order chi connectivity index (χ0) is 34.2. The van der Waals surface area contributed by atoms with Crippen LogP contribution in [-0.4, -0.2) is 19.1 Å². The minimum absolute atomic E-state index is 0.172. The van der Waals surface area contributed by atoms with Crippen LogP contribution in [0.2, 0.25) is 0 Å². The van der Waals surface area contributed by atoms with E-state index < -0.39 is 0 Å². The average molecular weight is 665 g/mol. The lowest BCUT2D eigenvalue weighted by Gasteiger charge is -2.31. The zero-order valence-electron chi connectivity index (χ0n) is 28.3. The highest BCUT2D eigenvalue weighted by atomic mass is 15.0. The molecule has 0 saturated heterocycles. The van der Waals surface area contributed by atoms with Gasteiger partial charge in [0.25, 0.3) is 0 Å². The Morgan fingerprint density at radius 2 is 0.962 bits per heavy atom. The molecule has 4 heteroatoms. The first-order valence-corrected chi connectivity index (χ1v) is 17.9. The Morgan fingerprint density at radius 3 is 1.67 bits per heavy atom. The van der Waals surface area contributed by atoms with E-state index in [2.05, 4.69) is 161 Å². The van der Waals surface area contributed by atoms with Crippen molar-refractivity contribution in [3.05, 3.63) is 192 Å². The molecule has 0 amide bonds. The minimum Gasteiger partial charge on any atom is -0.312 e. The quantitative estimate of drug-likeness (QED) is 0.188. The summed E-state index contributed by atoms with van der Waals surface area (Å²) < 4.78 is 4.92. The number of para-hydroxylation sites is 5. The normalized spacial score (nSPS) is 15.9. The Balaban J connectivity index is 1.07. The van der Waals surface area contributed by atoms with Crippen LogP contribution >= 0.6 is 0 Å². The molecular weight excluding hydrogens is 633 g/mol. The van der Waals surface area contributed by atoms with Gasteiger partial charge in [0.2, 0.25) is 0 Å². The van der Waals surface area contributed by atoms with Crippen LogP contribution in [0.25, 0.3) is 78.9 Å². The molecule has 3 aromatic heterocycles. The molecule has 2 unspecified atom stereocenters. The van der Waals surface area contributed by atoms with Crippen LogP contribution in [0.4, 0.5) is 0 Å². The lowest BCUT2D eigenvalue weighted by molar-refractivity contribution is 0.690. The molecule has 0 N–H and O–H groups in total. The number of hydrogen-bond acceptors (Lipinski definition) is 2. The smallest absolute Gasteiger partial charge is 0.0973 e. The maximum absolute atomic E-state index is 5.17. The van der Waals surface area contributed by atoms with Gasteiger partial charge < -0.3 is 9.13 Å². The second-order valence-electron chi connectivity index (χ2n) is 13.7. The summed E-state index contributed by atoms with van der Waals surface area (Å²) in [6.45, 7) is 0. The first kappa shape index (κ1) is 29.0. The third-order valence-electron chi connectivity index (χ3n) is 10.9. The highest BCUT2D eigenvalue weighted by Gasteiger charge is 2.37. The second kappa shape index (κ2) is 11.4. The predicted molar refractivity (Wildman–Crippen MR) is 214 cm³/mol. The van der Waals surface area contributed by atoms with Crippen molar-refractivity contribution in [2.24, 2.45) is 0 Å². The number of nitrogens with zero attached hydrogens (tertiary/aromatic N) is 4. The number of fused-ring (bicyclic) bond motifs is 10. The molecule has 2 atom stereocenters. The Bertz CT molecular complexity index is 2890. The maximum atomic E-state index is 5.17. The van der Waals surface area contributed by atoms with Gasteiger partial charge in [-0.2, -0.15) is 0 Å².